The highest BCUT2D eigenvalue weighted by Crippen LogP contribution is 2.19. The van der Waals surface area contributed by atoms with E-state index in [9.17, 15) is 14.0 Å². The van der Waals surface area contributed by atoms with Crippen molar-refractivity contribution in [2.75, 3.05) is 20.2 Å². The second-order valence-corrected chi connectivity index (χ2v) is 6.27. The van der Waals surface area contributed by atoms with E-state index in [-0.39, 0.29) is 18.9 Å². The predicted molar refractivity (Wildman–Crippen MR) is 99.0 cm³/mol. The summed E-state index contributed by atoms with van der Waals surface area (Å²) in [6.45, 7) is 1.62. The van der Waals surface area contributed by atoms with Crippen molar-refractivity contribution >= 4 is 12.0 Å². The topological polar surface area (TPSA) is 78.9 Å². The minimum absolute atomic E-state index is 0.0268. The fourth-order valence-corrected chi connectivity index (χ4v) is 2.47. The van der Waals surface area contributed by atoms with Crippen LogP contribution in [0.4, 0.5) is 9.18 Å². The van der Waals surface area contributed by atoms with Gasteiger partial charge in [0, 0.05) is 13.6 Å². The molecular formula is C20H23FN2O4. The minimum atomic E-state index is -0.975. The zero-order chi connectivity index (χ0) is 19.8. The molecule has 2 aromatic rings. The van der Waals surface area contributed by atoms with Crippen LogP contribution in [-0.4, -0.2) is 42.2 Å². The summed E-state index contributed by atoms with van der Waals surface area (Å²) in [5.41, 5.74) is 0.793. The Morgan fingerprint density at radius 1 is 1.15 bits per heavy atom. The summed E-state index contributed by atoms with van der Waals surface area (Å²) in [4.78, 5) is 24.7. The summed E-state index contributed by atoms with van der Waals surface area (Å²) in [5.74, 6) is -2.05. The van der Waals surface area contributed by atoms with Crippen molar-refractivity contribution in [2.45, 2.75) is 13.0 Å². The summed E-state index contributed by atoms with van der Waals surface area (Å²) < 4.78 is 19.3. The number of aliphatic carboxylic acids is 1. The lowest BCUT2D eigenvalue weighted by atomic mass is 10.1. The first-order chi connectivity index (χ1) is 12.9. The van der Waals surface area contributed by atoms with E-state index in [4.69, 9.17) is 9.84 Å². The zero-order valence-corrected chi connectivity index (χ0v) is 15.3. The van der Waals surface area contributed by atoms with E-state index in [1.807, 2.05) is 30.3 Å². The lowest BCUT2D eigenvalue weighted by molar-refractivity contribution is -0.141. The van der Waals surface area contributed by atoms with E-state index in [1.165, 1.54) is 31.0 Å². The maximum Gasteiger partial charge on any atom is 0.317 e. The van der Waals surface area contributed by atoms with E-state index in [0.29, 0.717) is 0 Å². The van der Waals surface area contributed by atoms with Crippen LogP contribution in [0.1, 0.15) is 18.5 Å². The quantitative estimate of drug-likeness (QED) is 0.743. The van der Waals surface area contributed by atoms with Gasteiger partial charge < -0.3 is 20.1 Å². The number of halogens is 1. The third-order valence-electron chi connectivity index (χ3n) is 4.06. The summed E-state index contributed by atoms with van der Waals surface area (Å²) in [5, 5.41) is 11.8. The van der Waals surface area contributed by atoms with Crippen molar-refractivity contribution in [3.8, 4) is 5.75 Å². The molecule has 0 spiro atoms. The van der Waals surface area contributed by atoms with Gasteiger partial charge in [0.1, 0.15) is 6.61 Å². The molecule has 0 saturated carbocycles. The van der Waals surface area contributed by atoms with Crippen molar-refractivity contribution in [1.29, 1.82) is 0 Å². The van der Waals surface area contributed by atoms with E-state index >= 15 is 0 Å². The summed E-state index contributed by atoms with van der Waals surface area (Å²) in [6.07, 6.45) is 0. The monoisotopic (exact) mass is 374 g/mol. The molecule has 2 amide bonds. The highest BCUT2D eigenvalue weighted by Gasteiger charge is 2.21. The number of urea groups is 1. The van der Waals surface area contributed by atoms with Crippen LogP contribution in [0.3, 0.4) is 0 Å². The number of hydrogen-bond acceptors (Lipinski definition) is 3. The van der Waals surface area contributed by atoms with Gasteiger partial charge in [-0.1, -0.05) is 49.4 Å². The molecule has 0 saturated heterocycles. The summed E-state index contributed by atoms with van der Waals surface area (Å²) in [7, 11) is 1.52. The maximum atomic E-state index is 13.8. The number of nitrogens with zero attached hydrogens (tertiary/aromatic N) is 1. The van der Waals surface area contributed by atoms with Crippen molar-refractivity contribution in [3.05, 3.63) is 66.0 Å². The highest BCUT2D eigenvalue weighted by atomic mass is 19.1. The van der Waals surface area contributed by atoms with E-state index in [2.05, 4.69) is 5.32 Å². The van der Waals surface area contributed by atoms with Gasteiger partial charge in [0.25, 0.3) is 0 Å². The Morgan fingerprint density at radius 3 is 2.41 bits per heavy atom. The fraction of sp³-hybridized carbons (Fsp3) is 0.300. The fourth-order valence-electron chi connectivity index (χ4n) is 2.47. The van der Waals surface area contributed by atoms with Gasteiger partial charge in [-0.25, -0.2) is 9.18 Å². The third kappa shape index (κ3) is 5.99. The highest BCUT2D eigenvalue weighted by molar-refractivity contribution is 5.76. The molecule has 0 aliphatic heterocycles. The largest absolute Gasteiger partial charge is 0.488 e. The Hall–Kier alpha value is -3.09. The lowest BCUT2D eigenvalue weighted by Gasteiger charge is -2.25. The van der Waals surface area contributed by atoms with Crippen LogP contribution >= 0.6 is 0 Å². The average molecular weight is 374 g/mol. The number of carboxylic acid groups (broad SMARTS) is 1. The molecule has 0 bridgehead atoms. The Balaban J connectivity index is 2.07. The average Bonchev–Trinajstić information content (AvgIpc) is 2.66. The number of carbonyl (C=O) groups excluding carboxylic acids is 1. The maximum absolute atomic E-state index is 13.8. The molecule has 0 radical (unpaired) electrons. The van der Waals surface area contributed by atoms with E-state index in [1.54, 1.807) is 12.1 Å². The van der Waals surface area contributed by atoms with Crippen LogP contribution in [0.5, 0.6) is 5.75 Å². The predicted octanol–water partition coefficient (Wildman–Crippen LogP) is 3.31. The molecule has 0 aliphatic rings. The number of hydrogen-bond donors (Lipinski definition) is 2. The first-order valence-corrected chi connectivity index (χ1v) is 8.55. The zero-order valence-electron chi connectivity index (χ0n) is 15.3. The van der Waals surface area contributed by atoms with Gasteiger partial charge in [-0.2, -0.15) is 0 Å². The Morgan fingerprint density at radius 2 is 1.78 bits per heavy atom. The standard InChI is InChI=1S/C20H23FN2O4/c1-14(19(24)25)12-23(2)20(26)22-17(15-8-4-3-5-9-15)13-27-18-11-7-6-10-16(18)21/h3-11,14,17H,12-13H2,1-2H3,(H,22,26)(H,24,25). The molecule has 7 heteroatoms. The molecule has 144 valence electrons. The lowest BCUT2D eigenvalue weighted by Crippen LogP contribution is -2.43. The van der Waals surface area contributed by atoms with Crippen LogP contribution in [0.15, 0.2) is 54.6 Å². The number of rotatable bonds is 8. The molecule has 6 nitrogen and oxygen atoms in total. The van der Waals surface area contributed by atoms with Gasteiger partial charge >= 0.3 is 12.0 Å². The molecule has 2 aromatic carbocycles. The second-order valence-electron chi connectivity index (χ2n) is 6.27. The molecule has 2 atom stereocenters. The van der Waals surface area contributed by atoms with Gasteiger partial charge in [0.05, 0.1) is 12.0 Å². The third-order valence-corrected chi connectivity index (χ3v) is 4.06. The molecule has 2 rings (SSSR count). The van der Waals surface area contributed by atoms with Crippen LogP contribution in [-0.2, 0) is 4.79 Å². The molecule has 2 unspecified atom stereocenters. The van der Waals surface area contributed by atoms with Crippen LogP contribution in [0.25, 0.3) is 0 Å². The number of carbonyl (C=O) groups is 2. The number of para-hydroxylation sites is 1. The Kier molecular flexibility index (Phi) is 7.16. The van der Waals surface area contributed by atoms with Gasteiger partial charge in [0.15, 0.2) is 11.6 Å². The van der Waals surface area contributed by atoms with Gasteiger partial charge in [-0.05, 0) is 17.7 Å². The van der Waals surface area contributed by atoms with Crippen LogP contribution < -0.4 is 10.1 Å². The van der Waals surface area contributed by atoms with Gasteiger partial charge in [-0.3, -0.25) is 4.79 Å². The minimum Gasteiger partial charge on any atom is -0.488 e. The molecule has 27 heavy (non-hydrogen) atoms. The molecule has 0 heterocycles. The van der Waals surface area contributed by atoms with Gasteiger partial charge in [-0.15, -0.1) is 0 Å². The molecular weight excluding hydrogens is 351 g/mol. The molecule has 0 aliphatic carbocycles. The number of benzene rings is 2. The number of amides is 2. The van der Waals surface area contributed by atoms with Crippen molar-refractivity contribution in [1.82, 2.24) is 10.2 Å². The smallest absolute Gasteiger partial charge is 0.317 e. The molecule has 0 aromatic heterocycles. The molecule has 0 fully saturated rings. The molecule has 2 N–H and O–H groups in total. The Bertz CT molecular complexity index is 770. The number of nitrogens with one attached hydrogen (secondary N) is 1. The van der Waals surface area contributed by atoms with Gasteiger partial charge in [0.2, 0.25) is 0 Å². The van der Waals surface area contributed by atoms with Crippen molar-refractivity contribution in [2.24, 2.45) is 5.92 Å². The Labute approximate surface area is 157 Å². The normalized spacial score (nSPS) is 12.7. The van der Waals surface area contributed by atoms with Crippen molar-refractivity contribution < 1.29 is 23.8 Å². The van der Waals surface area contributed by atoms with Crippen LogP contribution in [0, 0.1) is 11.7 Å². The second kappa shape index (κ2) is 9.56. The number of ether oxygens (including phenoxy) is 1. The SMILES string of the molecule is CC(CN(C)C(=O)NC(COc1ccccc1F)c1ccccc1)C(=O)O. The first kappa shape index (κ1) is 20.2. The summed E-state index contributed by atoms with van der Waals surface area (Å²) >= 11 is 0. The first-order valence-electron chi connectivity index (χ1n) is 8.55. The van der Waals surface area contributed by atoms with E-state index in [0.717, 1.165) is 5.56 Å². The summed E-state index contributed by atoms with van der Waals surface area (Å²) in [6, 6.07) is 14.2. The van der Waals surface area contributed by atoms with Crippen molar-refractivity contribution in [3.63, 3.8) is 0 Å². The van der Waals surface area contributed by atoms with Crippen LogP contribution in [0.2, 0.25) is 0 Å². The number of carboxylic acids is 1. The van der Waals surface area contributed by atoms with E-state index < -0.39 is 29.8 Å².